The minimum Gasteiger partial charge on any atom is -0.468 e. The lowest BCUT2D eigenvalue weighted by molar-refractivity contribution is -0.144. The summed E-state index contributed by atoms with van der Waals surface area (Å²) in [5.74, 6) is 0.0692. The average Bonchev–Trinajstić information content (AvgIpc) is 2.08. The summed E-state index contributed by atoms with van der Waals surface area (Å²) >= 11 is 0. The summed E-state index contributed by atoms with van der Waals surface area (Å²) < 4.78 is 4.74. The van der Waals surface area contributed by atoms with Gasteiger partial charge >= 0.3 is 5.97 Å². The van der Waals surface area contributed by atoms with E-state index in [-0.39, 0.29) is 17.9 Å². The zero-order valence-electron chi connectivity index (χ0n) is 9.12. The van der Waals surface area contributed by atoms with E-state index in [2.05, 4.69) is 5.32 Å². The van der Waals surface area contributed by atoms with Gasteiger partial charge in [0, 0.05) is 12.1 Å². The highest BCUT2D eigenvalue weighted by Gasteiger charge is 2.32. The van der Waals surface area contributed by atoms with E-state index in [1.807, 2.05) is 13.8 Å². The highest BCUT2D eigenvalue weighted by Crippen LogP contribution is 2.19. The number of carbonyl (C=O) groups excluding carboxylic acids is 1. The molecule has 0 radical (unpaired) electrons. The molecule has 0 saturated heterocycles. The lowest BCUT2D eigenvalue weighted by atomic mass is 9.86. The summed E-state index contributed by atoms with van der Waals surface area (Å²) in [7, 11) is 1.42. The highest BCUT2D eigenvalue weighted by molar-refractivity contribution is 5.76. The van der Waals surface area contributed by atoms with Gasteiger partial charge in [-0.25, -0.2) is 0 Å². The second-order valence-electron chi connectivity index (χ2n) is 4.34. The van der Waals surface area contributed by atoms with Crippen LogP contribution >= 0.6 is 0 Å². The summed E-state index contributed by atoms with van der Waals surface area (Å²) in [5.41, 5.74) is 5.67. The van der Waals surface area contributed by atoms with Crippen molar-refractivity contribution in [2.45, 2.75) is 44.8 Å². The van der Waals surface area contributed by atoms with Gasteiger partial charge in [-0.15, -0.1) is 0 Å². The van der Waals surface area contributed by atoms with Crippen molar-refractivity contribution in [3.05, 3.63) is 0 Å². The first kappa shape index (κ1) is 11.5. The van der Waals surface area contributed by atoms with Crippen LogP contribution in [0.25, 0.3) is 0 Å². The highest BCUT2D eigenvalue weighted by atomic mass is 16.5. The van der Waals surface area contributed by atoms with Crippen LogP contribution in [0.3, 0.4) is 0 Å². The number of esters is 1. The quantitative estimate of drug-likeness (QED) is 0.639. The molecule has 4 heteroatoms. The summed E-state index contributed by atoms with van der Waals surface area (Å²) in [6.45, 7) is 4.01. The van der Waals surface area contributed by atoms with Crippen LogP contribution in [0, 0.1) is 5.92 Å². The molecule has 0 aromatic rings. The topological polar surface area (TPSA) is 64.3 Å². The molecule has 0 unspecified atom stereocenters. The van der Waals surface area contributed by atoms with Gasteiger partial charge in [0.1, 0.15) is 6.04 Å². The molecule has 1 aliphatic rings. The molecule has 0 spiro atoms. The fourth-order valence-corrected chi connectivity index (χ4v) is 1.71. The maximum Gasteiger partial charge on any atom is 0.323 e. The van der Waals surface area contributed by atoms with Crippen LogP contribution in [0.4, 0.5) is 0 Å². The maximum absolute atomic E-state index is 11.4. The van der Waals surface area contributed by atoms with E-state index in [4.69, 9.17) is 10.5 Å². The minimum atomic E-state index is -0.197. The van der Waals surface area contributed by atoms with E-state index in [0.29, 0.717) is 12.1 Å². The monoisotopic (exact) mass is 200 g/mol. The first-order valence-corrected chi connectivity index (χ1v) is 5.14. The SMILES string of the molecule is COC(=O)[C@@H](NC1CC(N)C1)C(C)C. The number of ether oxygens (including phenoxy) is 1. The van der Waals surface area contributed by atoms with Gasteiger partial charge in [-0.1, -0.05) is 13.8 Å². The van der Waals surface area contributed by atoms with Crippen molar-refractivity contribution in [3.8, 4) is 0 Å². The van der Waals surface area contributed by atoms with Crippen LogP contribution in [0.5, 0.6) is 0 Å². The third kappa shape index (κ3) is 2.69. The van der Waals surface area contributed by atoms with Crippen molar-refractivity contribution in [1.29, 1.82) is 0 Å². The van der Waals surface area contributed by atoms with E-state index < -0.39 is 0 Å². The van der Waals surface area contributed by atoms with E-state index >= 15 is 0 Å². The van der Waals surface area contributed by atoms with Crippen LogP contribution < -0.4 is 11.1 Å². The Labute approximate surface area is 85.2 Å². The standard InChI is InChI=1S/C10H20N2O2/c1-6(2)9(10(13)14-3)12-8-4-7(11)5-8/h6-9,12H,4-5,11H2,1-3H3/t7?,8?,9-/m0/s1. The van der Waals surface area contributed by atoms with Crippen molar-refractivity contribution in [3.63, 3.8) is 0 Å². The van der Waals surface area contributed by atoms with E-state index in [1.54, 1.807) is 0 Å². The Bertz CT molecular complexity index is 200. The predicted octanol–water partition coefficient (Wildman–Crippen LogP) is 0.263. The smallest absolute Gasteiger partial charge is 0.323 e. The lowest BCUT2D eigenvalue weighted by Crippen LogP contribution is -2.55. The molecule has 1 aliphatic carbocycles. The van der Waals surface area contributed by atoms with Gasteiger partial charge in [0.25, 0.3) is 0 Å². The number of nitrogens with two attached hydrogens (primary N) is 1. The van der Waals surface area contributed by atoms with E-state index in [9.17, 15) is 4.79 Å². The molecule has 0 aliphatic heterocycles. The molecule has 1 atom stereocenters. The van der Waals surface area contributed by atoms with Crippen molar-refractivity contribution in [2.24, 2.45) is 11.7 Å². The van der Waals surface area contributed by atoms with Crippen molar-refractivity contribution < 1.29 is 9.53 Å². The van der Waals surface area contributed by atoms with Gasteiger partial charge < -0.3 is 15.8 Å². The Hall–Kier alpha value is -0.610. The minimum absolute atomic E-state index is 0.180. The third-order valence-electron chi connectivity index (χ3n) is 2.71. The van der Waals surface area contributed by atoms with Crippen molar-refractivity contribution in [2.75, 3.05) is 7.11 Å². The lowest BCUT2D eigenvalue weighted by Gasteiger charge is -2.36. The molecule has 0 heterocycles. The Morgan fingerprint density at radius 3 is 2.43 bits per heavy atom. The number of hydrogen-bond donors (Lipinski definition) is 2. The number of hydrogen-bond acceptors (Lipinski definition) is 4. The molecule has 0 aromatic carbocycles. The first-order chi connectivity index (χ1) is 6.54. The van der Waals surface area contributed by atoms with Crippen LogP contribution in [0.2, 0.25) is 0 Å². The number of nitrogens with one attached hydrogen (secondary N) is 1. The molecular weight excluding hydrogens is 180 g/mol. The van der Waals surface area contributed by atoms with Crippen LogP contribution in [-0.2, 0) is 9.53 Å². The van der Waals surface area contributed by atoms with Crippen LogP contribution in [0.15, 0.2) is 0 Å². The second kappa shape index (κ2) is 4.75. The Morgan fingerprint density at radius 1 is 1.50 bits per heavy atom. The molecule has 0 aromatic heterocycles. The fraction of sp³-hybridized carbons (Fsp3) is 0.900. The molecule has 1 fully saturated rings. The van der Waals surface area contributed by atoms with E-state index in [1.165, 1.54) is 7.11 Å². The van der Waals surface area contributed by atoms with Gasteiger partial charge in [0.15, 0.2) is 0 Å². The molecule has 1 rings (SSSR count). The second-order valence-corrected chi connectivity index (χ2v) is 4.34. The predicted molar refractivity (Wildman–Crippen MR) is 54.8 cm³/mol. The Morgan fingerprint density at radius 2 is 2.07 bits per heavy atom. The molecule has 82 valence electrons. The Balaban J connectivity index is 2.40. The van der Waals surface area contributed by atoms with Crippen molar-refractivity contribution >= 4 is 5.97 Å². The van der Waals surface area contributed by atoms with Gasteiger partial charge in [0.05, 0.1) is 7.11 Å². The van der Waals surface area contributed by atoms with Crippen LogP contribution in [0.1, 0.15) is 26.7 Å². The summed E-state index contributed by atoms with van der Waals surface area (Å²) in [6, 6.07) is 0.493. The Kier molecular flexibility index (Phi) is 3.89. The fourth-order valence-electron chi connectivity index (χ4n) is 1.71. The maximum atomic E-state index is 11.4. The molecular formula is C10H20N2O2. The van der Waals surface area contributed by atoms with Gasteiger partial charge in [-0.2, -0.15) is 0 Å². The van der Waals surface area contributed by atoms with Gasteiger partial charge in [-0.05, 0) is 18.8 Å². The molecule has 0 bridgehead atoms. The molecule has 4 nitrogen and oxygen atoms in total. The van der Waals surface area contributed by atoms with Crippen molar-refractivity contribution in [1.82, 2.24) is 5.32 Å². The van der Waals surface area contributed by atoms with Gasteiger partial charge in [-0.3, -0.25) is 4.79 Å². The first-order valence-electron chi connectivity index (χ1n) is 5.14. The molecule has 1 saturated carbocycles. The van der Waals surface area contributed by atoms with E-state index in [0.717, 1.165) is 12.8 Å². The third-order valence-corrected chi connectivity index (χ3v) is 2.71. The summed E-state index contributed by atoms with van der Waals surface area (Å²) in [4.78, 5) is 11.4. The average molecular weight is 200 g/mol. The number of rotatable bonds is 4. The number of methoxy groups -OCH3 is 1. The molecule has 0 amide bonds. The molecule has 3 N–H and O–H groups in total. The largest absolute Gasteiger partial charge is 0.468 e. The summed E-state index contributed by atoms with van der Waals surface area (Å²) in [5, 5.41) is 3.28. The zero-order valence-corrected chi connectivity index (χ0v) is 9.12. The van der Waals surface area contributed by atoms with Crippen LogP contribution in [-0.4, -0.2) is 31.2 Å². The summed E-state index contributed by atoms with van der Waals surface area (Å²) in [6.07, 6.45) is 1.92. The zero-order chi connectivity index (χ0) is 10.7. The number of carbonyl (C=O) groups is 1. The molecule has 14 heavy (non-hydrogen) atoms. The van der Waals surface area contributed by atoms with Gasteiger partial charge in [0.2, 0.25) is 0 Å². The normalized spacial score (nSPS) is 28.4.